The van der Waals surface area contributed by atoms with Crippen molar-refractivity contribution in [3.8, 4) is 11.3 Å². The zero-order valence-corrected chi connectivity index (χ0v) is 12.5. The molecule has 2 heterocycles. The first-order valence-electron chi connectivity index (χ1n) is 6.96. The number of nitrogens with zero attached hydrogens (tertiary/aromatic N) is 2. The Kier molecular flexibility index (Phi) is 3.09. The summed E-state index contributed by atoms with van der Waals surface area (Å²) >= 11 is 1.49. The van der Waals surface area contributed by atoms with E-state index in [4.69, 9.17) is 0 Å². The van der Waals surface area contributed by atoms with E-state index < -0.39 is 0 Å². The molecular formula is C18H12N2OS. The predicted octanol–water partition coefficient (Wildman–Crippen LogP) is 4.45. The molecule has 106 valence electrons. The third-order valence-corrected chi connectivity index (χ3v) is 4.61. The zero-order chi connectivity index (χ0) is 14.9. The van der Waals surface area contributed by atoms with Gasteiger partial charge in [-0.1, -0.05) is 48.5 Å². The lowest BCUT2D eigenvalue weighted by molar-refractivity contribution is 0.0949. The summed E-state index contributed by atoms with van der Waals surface area (Å²) in [6, 6.07) is 21.6. The Morgan fingerprint density at radius 3 is 2.55 bits per heavy atom. The summed E-state index contributed by atoms with van der Waals surface area (Å²) in [6.07, 6.45) is 1.72. The second-order valence-electron chi connectivity index (χ2n) is 4.97. The highest BCUT2D eigenvalue weighted by molar-refractivity contribution is 7.20. The van der Waals surface area contributed by atoms with Gasteiger partial charge in [0.2, 0.25) is 0 Å². The number of aromatic nitrogens is 2. The molecule has 4 rings (SSSR count). The van der Waals surface area contributed by atoms with Crippen molar-refractivity contribution < 1.29 is 4.79 Å². The number of benzene rings is 2. The summed E-state index contributed by atoms with van der Waals surface area (Å²) in [4.78, 5) is 13.3. The summed E-state index contributed by atoms with van der Waals surface area (Å²) in [6.45, 7) is 0. The van der Waals surface area contributed by atoms with E-state index in [1.54, 1.807) is 6.20 Å². The van der Waals surface area contributed by atoms with Crippen LogP contribution in [0.3, 0.4) is 0 Å². The molecule has 0 aliphatic rings. The molecular weight excluding hydrogens is 292 g/mol. The Morgan fingerprint density at radius 1 is 0.955 bits per heavy atom. The molecule has 22 heavy (non-hydrogen) atoms. The summed E-state index contributed by atoms with van der Waals surface area (Å²) in [5, 5.41) is 5.49. The third kappa shape index (κ3) is 2.23. The Hall–Kier alpha value is -2.72. The molecule has 0 bridgehead atoms. The monoisotopic (exact) mass is 304 g/mol. The van der Waals surface area contributed by atoms with Gasteiger partial charge in [-0.25, -0.2) is 4.68 Å². The van der Waals surface area contributed by atoms with Gasteiger partial charge in [-0.2, -0.15) is 5.10 Å². The molecule has 0 fully saturated rings. The summed E-state index contributed by atoms with van der Waals surface area (Å²) in [5.41, 5.74) is 1.81. The van der Waals surface area contributed by atoms with Crippen LogP contribution in [0.5, 0.6) is 0 Å². The fourth-order valence-electron chi connectivity index (χ4n) is 2.40. The average Bonchev–Trinajstić information content (AvgIpc) is 3.22. The number of carbonyl (C=O) groups is 1. The largest absolute Gasteiger partial charge is 0.288 e. The third-order valence-electron chi connectivity index (χ3n) is 3.50. The van der Waals surface area contributed by atoms with Crippen molar-refractivity contribution in [2.24, 2.45) is 0 Å². The number of carbonyl (C=O) groups excluding carboxylic acids is 1. The number of rotatable bonds is 2. The van der Waals surface area contributed by atoms with Crippen LogP contribution in [0, 0.1) is 0 Å². The lowest BCUT2D eigenvalue weighted by Crippen LogP contribution is -2.10. The first kappa shape index (κ1) is 13.0. The van der Waals surface area contributed by atoms with Crippen LogP contribution in [0.25, 0.3) is 21.3 Å². The predicted molar refractivity (Wildman–Crippen MR) is 89.2 cm³/mol. The van der Waals surface area contributed by atoms with Crippen molar-refractivity contribution in [2.45, 2.75) is 0 Å². The first-order chi connectivity index (χ1) is 10.8. The minimum atomic E-state index is -0.0941. The van der Waals surface area contributed by atoms with Gasteiger partial charge < -0.3 is 0 Å². The van der Waals surface area contributed by atoms with E-state index in [0.29, 0.717) is 4.88 Å². The molecule has 4 aromatic rings. The molecule has 0 saturated heterocycles. The zero-order valence-electron chi connectivity index (χ0n) is 11.6. The minimum Gasteiger partial charge on any atom is -0.266 e. The van der Waals surface area contributed by atoms with Crippen molar-refractivity contribution in [3.05, 3.63) is 77.8 Å². The van der Waals surface area contributed by atoms with E-state index in [1.807, 2.05) is 66.7 Å². The van der Waals surface area contributed by atoms with Crippen LogP contribution in [0.2, 0.25) is 0 Å². The van der Waals surface area contributed by atoms with Crippen molar-refractivity contribution in [3.63, 3.8) is 0 Å². The van der Waals surface area contributed by atoms with Crippen molar-refractivity contribution in [1.29, 1.82) is 0 Å². The lowest BCUT2D eigenvalue weighted by atomic mass is 10.2. The molecule has 0 aliphatic carbocycles. The minimum absolute atomic E-state index is 0.0941. The van der Waals surface area contributed by atoms with Crippen LogP contribution < -0.4 is 0 Å². The van der Waals surface area contributed by atoms with Gasteiger partial charge in [0, 0.05) is 16.5 Å². The number of fused-ring (bicyclic) bond motifs is 1. The Balaban J connectivity index is 1.70. The van der Waals surface area contributed by atoms with Gasteiger partial charge in [-0.15, -0.1) is 11.3 Å². The number of hydrogen-bond acceptors (Lipinski definition) is 3. The molecule has 2 aromatic carbocycles. The molecule has 0 aliphatic heterocycles. The van der Waals surface area contributed by atoms with Crippen LogP contribution in [0.1, 0.15) is 9.67 Å². The fraction of sp³-hybridized carbons (Fsp3) is 0. The second-order valence-corrected chi connectivity index (χ2v) is 6.05. The molecule has 3 nitrogen and oxygen atoms in total. The Morgan fingerprint density at radius 2 is 1.73 bits per heavy atom. The molecule has 0 N–H and O–H groups in total. The Labute approximate surface area is 131 Å². The number of thiophene rings is 1. The molecule has 0 unspecified atom stereocenters. The van der Waals surface area contributed by atoms with Gasteiger partial charge in [-0.3, -0.25) is 4.79 Å². The van der Waals surface area contributed by atoms with E-state index in [1.165, 1.54) is 16.0 Å². The first-order valence-corrected chi connectivity index (χ1v) is 7.77. The maximum Gasteiger partial charge on any atom is 0.288 e. The highest BCUT2D eigenvalue weighted by atomic mass is 32.1. The highest BCUT2D eigenvalue weighted by Gasteiger charge is 2.14. The highest BCUT2D eigenvalue weighted by Crippen LogP contribution is 2.26. The SMILES string of the molecule is O=C(c1cc2ccccc2s1)n1ccc(-c2ccccc2)n1. The van der Waals surface area contributed by atoms with Crippen LogP contribution in [-0.2, 0) is 0 Å². The van der Waals surface area contributed by atoms with Gasteiger partial charge in [0.1, 0.15) is 0 Å². The average molecular weight is 304 g/mol. The fourth-order valence-corrected chi connectivity index (χ4v) is 3.40. The molecule has 0 saturated carbocycles. The summed E-state index contributed by atoms with van der Waals surface area (Å²) < 4.78 is 2.52. The molecule has 0 amide bonds. The van der Waals surface area contributed by atoms with E-state index in [0.717, 1.165) is 21.3 Å². The molecule has 0 spiro atoms. The maximum absolute atomic E-state index is 12.6. The second kappa shape index (κ2) is 5.24. The maximum atomic E-state index is 12.6. The van der Waals surface area contributed by atoms with Gasteiger partial charge in [0.15, 0.2) is 0 Å². The summed E-state index contributed by atoms with van der Waals surface area (Å²) in [7, 11) is 0. The van der Waals surface area contributed by atoms with E-state index in [2.05, 4.69) is 5.10 Å². The van der Waals surface area contributed by atoms with Crippen LogP contribution in [0.4, 0.5) is 0 Å². The van der Waals surface area contributed by atoms with Gasteiger partial charge in [-0.05, 0) is 23.6 Å². The quantitative estimate of drug-likeness (QED) is 0.548. The molecule has 0 radical (unpaired) electrons. The van der Waals surface area contributed by atoms with Crippen molar-refractivity contribution >= 4 is 27.3 Å². The van der Waals surface area contributed by atoms with Crippen molar-refractivity contribution in [2.75, 3.05) is 0 Å². The smallest absolute Gasteiger partial charge is 0.266 e. The van der Waals surface area contributed by atoms with Gasteiger partial charge in [0.25, 0.3) is 5.91 Å². The summed E-state index contributed by atoms with van der Waals surface area (Å²) in [5.74, 6) is -0.0941. The van der Waals surface area contributed by atoms with Crippen LogP contribution >= 0.6 is 11.3 Å². The van der Waals surface area contributed by atoms with Gasteiger partial charge in [0.05, 0.1) is 10.6 Å². The number of hydrogen-bond donors (Lipinski definition) is 0. The van der Waals surface area contributed by atoms with Crippen LogP contribution in [0.15, 0.2) is 72.9 Å². The topological polar surface area (TPSA) is 34.9 Å². The van der Waals surface area contributed by atoms with Gasteiger partial charge >= 0.3 is 0 Å². The van der Waals surface area contributed by atoms with E-state index in [9.17, 15) is 4.79 Å². The lowest BCUT2D eigenvalue weighted by Gasteiger charge is -1.97. The van der Waals surface area contributed by atoms with E-state index in [-0.39, 0.29) is 5.91 Å². The Bertz CT molecular complexity index is 920. The van der Waals surface area contributed by atoms with Crippen LogP contribution in [-0.4, -0.2) is 15.7 Å². The van der Waals surface area contributed by atoms with E-state index >= 15 is 0 Å². The standard InChI is InChI=1S/C18H12N2OS/c21-18(17-12-14-8-4-5-9-16(14)22-17)20-11-10-15(19-20)13-6-2-1-3-7-13/h1-12H. The molecule has 0 atom stereocenters. The van der Waals surface area contributed by atoms with Crippen molar-refractivity contribution in [1.82, 2.24) is 9.78 Å². The molecule has 2 aromatic heterocycles. The normalized spacial score (nSPS) is 10.9. The molecule has 4 heteroatoms.